The fourth-order valence-electron chi connectivity index (χ4n) is 3.51. The summed E-state index contributed by atoms with van der Waals surface area (Å²) in [5.74, 6) is 0.440. The van der Waals surface area contributed by atoms with E-state index in [1.807, 2.05) is 18.2 Å². The molecule has 0 radical (unpaired) electrons. The van der Waals surface area contributed by atoms with Crippen LogP contribution in [0.1, 0.15) is 18.4 Å². The highest BCUT2D eigenvalue weighted by molar-refractivity contribution is 6.33. The predicted molar refractivity (Wildman–Crippen MR) is 125 cm³/mol. The van der Waals surface area contributed by atoms with E-state index >= 15 is 0 Å². The maximum atomic E-state index is 13.1. The zero-order chi connectivity index (χ0) is 23.2. The van der Waals surface area contributed by atoms with Gasteiger partial charge in [0.15, 0.2) is 0 Å². The van der Waals surface area contributed by atoms with Gasteiger partial charge < -0.3 is 14.6 Å². The second-order valence-corrected chi connectivity index (χ2v) is 7.90. The van der Waals surface area contributed by atoms with E-state index in [-0.39, 0.29) is 41.2 Å². The molecule has 0 aliphatic rings. The van der Waals surface area contributed by atoms with Gasteiger partial charge in [-0.05, 0) is 36.6 Å². The van der Waals surface area contributed by atoms with Gasteiger partial charge in [-0.1, -0.05) is 47.1 Å². The Morgan fingerprint density at radius 2 is 2.03 bits per heavy atom. The van der Waals surface area contributed by atoms with E-state index in [4.69, 9.17) is 20.9 Å². The van der Waals surface area contributed by atoms with Crippen molar-refractivity contribution in [2.45, 2.75) is 25.8 Å². The molecule has 0 fully saturated rings. The number of hydrogen-bond acceptors (Lipinski definition) is 6. The highest BCUT2D eigenvalue weighted by Gasteiger charge is 2.19. The molecule has 4 rings (SSSR count). The maximum Gasteiger partial charge on any atom is 0.266 e. The van der Waals surface area contributed by atoms with Gasteiger partial charge in [0.1, 0.15) is 23.2 Å². The van der Waals surface area contributed by atoms with Gasteiger partial charge in [-0.3, -0.25) is 14.2 Å². The molecule has 2 aromatic heterocycles. The monoisotopic (exact) mass is 466 g/mol. The normalized spacial score (nSPS) is 11.0. The summed E-state index contributed by atoms with van der Waals surface area (Å²) in [5, 5.41) is 7.50. The van der Waals surface area contributed by atoms with Gasteiger partial charge in [-0.15, -0.1) is 0 Å². The Labute approximate surface area is 195 Å². The molecule has 0 aliphatic heterocycles. The van der Waals surface area contributed by atoms with Gasteiger partial charge in [0.2, 0.25) is 5.91 Å². The molecule has 0 bridgehead atoms. The van der Waals surface area contributed by atoms with Crippen LogP contribution >= 0.6 is 11.6 Å². The minimum absolute atomic E-state index is 0.107. The molecule has 8 nitrogen and oxygen atoms in total. The number of aromatic nitrogens is 3. The Morgan fingerprint density at radius 3 is 2.82 bits per heavy atom. The van der Waals surface area contributed by atoms with Crippen LogP contribution in [0.15, 0.2) is 64.2 Å². The first-order valence-electron chi connectivity index (χ1n) is 10.6. The summed E-state index contributed by atoms with van der Waals surface area (Å²) >= 11 is 6.32. The van der Waals surface area contributed by atoms with Gasteiger partial charge in [0.05, 0.1) is 12.1 Å². The number of carbonyl (C=O) groups excluding carboxylic acids is 1. The molecule has 2 heterocycles. The number of methoxy groups -OCH3 is 1. The fraction of sp³-hybridized carbons (Fsp3) is 0.250. The van der Waals surface area contributed by atoms with Crippen molar-refractivity contribution < 1.29 is 14.1 Å². The van der Waals surface area contributed by atoms with Crippen LogP contribution in [0, 0.1) is 0 Å². The van der Waals surface area contributed by atoms with Crippen LogP contribution in [0.5, 0.6) is 5.75 Å². The SMILES string of the molecule is COc1ccc(Cl)c(-c2noc3ncn(CCC(=O)NCCCc4ccccc4)c(=O)c23)c1. The number of nitrogens with zero attached hydrogens (tertiary/aromatic N) is 3. The molecule has 1 N–H and O–H groups in total. The quantitative estimate of drug-likeness (QED) is 0.376. The highest BCUT2D eigenvalue weighted by Crippen LogP contribution is 2.33. The second-order valence-electron chi connectivity index (χ2n) is 7.49. The lowest BCUT2D eigenvalue weighted by molar-refractivity contribution is -0.121. The summed E-state index contributed by atoms with van der Waals surface area (Å²) in [6.45, 7) is 0.757. The summed E-state index contributed by atoms with van der Waals surface area (Å²) in [6.07, 6.45) is 3.24. The van der Waals surface area contributed by atoms with Crippen LogP contribution in [0.3, 0.4) is 0 Å². The van der Waals surface area contributed by atoms with Gasteiger partial charge in [-0.2, -0.15) is 0 Å². The van der Waals surface area contributed by atoms with Crippen LogP contribution in [-0.4, -0.2) is 34.3 Å². The van der Waals surface area contributed by atoms with E-state index in [9.17, 15) is 9.59 Å². The molecule has 33 heavy (non-hydrogen) atoms. The van der Waals surface area contributed by atoms with E-state index in [0.29, 0.717) is 22.9 Å². The van der Waals surface area contributed by atoms with Crippen LogP contribution < -0.4 is 15.6 Å². The minimum atomic E-state index is -0.355. The van der Waals surface area contributed by atoms with Gasteiger partial charge in [0.25, 0.3) is 11.3 Å². The summed E-state index contributed by atoms with van der Waals surface area (Å²) in [6, 6.07) is 15.2. The number of ether oxygens (including phenoxy) is 1. The van der Waals surface area contributed by atoms with Crippen LogP contribution in [0.4, 0.5) is 0 Å². The molecule has 0 spiro atoms. The number of fused-ring (bicyclic) bond motifs is 1. The summed E-state index contributed by atoms with van der Waals surface area (Å²) in [4.78, 5) is 29.5. The number of hydrogen-bond donors (Lipinski definition) is 1. The molecule has 2 aromatic carbocycles. The highest BCUT2D eigenvalue weighted by atomic mass is 35.5. The zero-order valence-corrected chi connectivity index (χ0v) is 18.8. The molecule has 0 unspecified atom stereocenters. The van der Waals surface area contributed by atoms with E-state index in [1.54, 1.807) is 18.2 Å². The first-order valence-corrected chi connectivity index (χ1v) is 10.9. The number of rotatable bonds is 9. The van der Waals surface area contributed by atoms with Crippen molar-refractivity contribution in [2.24, 2.45) is 0 Å². The van der Waals surface area contributed by atoms with E-state index in [1.165, 1.54) is 23.6 Å². The molecule has 0 atom stereocenters. The average Bonchev–Trinajstić information content (AvgIpc) is 3.27. The van der Waals surface area contributed by atoms with Crippen molar-refractivity contribution in [3.05, 3.63) is 75.8 Å². The van der Waals surface area contributed by atoms with Crippen LogP contribution in [0.2, 0.25) is 5.02 Å². The lowest BCUT2D eigenvalue weighted by Gasteiger charge is -2.08. The number of nitrogens with one attached hydrogen (secondary N) is 1. The van der Waals surface area contributed by atoms with Crippen molar-refractivity contribution in [3.8, 4) is 17.0 Å². The molecular weight excluding hydrogens is 444 g/mol. The molecule has 0 aliphatic carbocycles. The average molecular weight is 467 g/mol. The Morgan fingerprint density at radius 1 is 1.21 bits per heavy atom. The smallest absolute Gasteiger partial charge is 0.266 e. The molecule has 1 amide bonds. The first kappa shape index (κ1) is 22.5. The summed E-state index contributed by atoms with van der Waals surface area (Å²) < 4.78 is 11.9. The summed E-state index contributed by atoms with van der Waals surface area (Å²) in [7, 11) is 1.54. The fourth-order valence-corrected chi connectivity index (χ4v) is 3.72. The Balaban J connectivity index is 1.43. The van der Waals surface area contributed by atoms with Crippen molar-refractivity contribution in [1.29, 1.82) is 0 Å². The number of halogens is 1. The third-order valence-electron chi connectivity index (χ3n) is 5.28. The third-order valence-corrected chi connectivity index (χ3v) is 5.61. The molecule has 0 saturated carbocycles. The van der Waals surface area contributed by atoms with Crippen molar-refractivity contribution in [2.75, 3.05) is 13.7 Å². The maximum absolute atomic E-state index is 13.1. The van der Waals surface area contributed by atoms with Crippen LogP contribution in [0.25, 0.3) is 22.4 Å². The standard InChI is InChI=1S/C24H23ClN4O4/c1-32-17-9-10-19(25)18(14-17)22-21-23(33-28-22)27-15-29(24(21)31)13-11-20(30)26-12-5-8-16-6-3-2-4-7-16/h2-4,6-7,9-10,14-15H,5,8,11-13H2,1H3,(H,26,30). The Hall–Kier alpha value is -3.65. The first-order chi connectivity index (χ1) is 16.1. The van der Waals surface area contributed by atoms with Crippen molar-refractivity contribution in [3.63, 3.8) is 0 Å². The van der Waals surface area contributed by atoms with E-state index < -0.39 is 0 Å². The van der Waals surface area contributed by atoms with Crippen molar-refractivity contribution in [1.82, 2.24) is 20.0 Å². The van der Waals surface area contributed by atoms with Gasteiger partial charge in [-0.25, -0.2) is 4.98 Å². The number of amides is 1. The third kappa shape index (κ3) is 5.23. The van der Waals surface area contributed by atoms with Crippen LogP contribution in [-0.2, 0) is 17.8 Å². The molecule has 170 valence electrons. The largest absolute Gasteiger partial charge is 0.497 e. The Kier molecular flexibility index (Phi) is 7.04. The van der Waals surface area contributed by atoms with Crippen molar-refractivity contribution >= 4 is 28.6 Å². The molecule has 0 saturated heterocycles. The number of carbonyl (C=O) groups is 1. The van der Waals surface area contributed by atoms with E-state index in [0.717, 1.165) is 12.8 Å². The minimum Gasteiger partial charge on any atom is -0.497 e. The lowest BCUT2D eigenvalue weighted by Crippen LogP contribution is -2.28. The number of benzene rings is 2. The number of aryl methyl sites for hydroxylation is 2. The van der Waals surface area contributed by atoms with Gasteiger partial charge >= 0.3 is 0 Å². The van der Waals surface area contributed by atoms with E-state index in [2.05, 4.69) is 27.6 Å². The second kappa shape index (κ2) is 10.3. The zero-order valence-electron chi connectivity index (χ0n) is 18.1. The van der Waals surface area contributed by atoms with Gasteiger partial charge in [0, 0.05) is 25.1 Å². The molecule has 9 heteroatoms. The summed E-state index contributed by atoms with van der Waals surface area (Å²) in [5.41, 5.74) is 1.77. The topological polar surface area (TPSA) is 99.2 Å². The molecular formula is C24H23ClN4O4. The Bertz CT molecular complexity index is 1320. The predicted octanol–water partition coefficient (Wildman–Crippen LogP) is 3.85. The lowest BCUT2D eigenvalue weighted by atomic mass is 10.1. The molecule has 4 aromatic rings.